The van der Waals surface area contributed by atoms with E-state index in [0.717, 1.165) is 72.5 Å². The van der Waals surface area contributed by atoms with E-state index in [1.807, 2.05) is 78.9 Å². The van der Waals surface area contributed by atoms with Gasteiger partial charge in [0.15, 0.2) is 25.5 Å². The van der Waals surface area contributed by atoms with Gasteiger partial charge in [-0.3, -0.25) is 0 Å². The van der Waals surface area contributed by atoms with Gasteiger partial charge in [0.1, 0.15) is 0 Å². The maximum atomic E-state index is 13.8. The number of nitrogens with zero attached hydrogens (tertiary/aromatic N) is 4. The van der Waals surface area contributed by atoms with Crippen molar-refractivity contribution in [2.24, 2.45) is 0 Å². The molecule has 2 heterocycles. The van der Waals surface area contributed by atoms with E-state index < -0.39 is 19.8 Å². The number of benzene rings is 10. The summed E-state index contributed by atoms with van der Waals surface area (Å²) in [6.07, 6.45) is -4.43. The molecule has 350 valence electrons. The van der Waals surface area contributed by atoms with E-state index in [1.165, 1.54) is 26.8 Å². The fourth-order valence-electron chi connectivity index (χ4n) is 10.6. The first kappa shape index (κ1) is 45.2. The molecule has 0 saturated heterocycles. The van der Waals surface area contributed by atoms with Crippen LogP contribution in [0.3, 0.4) is 0 Å². The van der Waals surface area contributed by atoms with Gasteiger partial charge in [-0.15, -0.1) is 0 Å². The fourth-order valence-corrected chi connectivity index (χ4v) is 15.4. The van der Waals surface area contributed by atoms with Crippen LogP contribution in [0, 0.1) is 6.92 Å². The zero-order valence-electron chi connectivity index (χ0n) is 39.7. The van der Waals surface area contributed by atoms with Gasteiger partial charge in [0.05, 0.1) is 22.3 Å². The van der Waals surface area contributed by atoms with Crippen molar-refractivity contribution in [3.8, 4) is 62.1 Å². The lowest BCUT2D eigenvalue weighted by Crippen LogP contribution is -2.74. The number of hydrogen-bond acceptors (Lipinski definition) is 3. The standard InChI is InChI=1S/C65H45F3N4Si/c1-44-40-50(65(66,67)68)36-37-55(44)49-35-39-60-57(43-49)56-32-17-18-33-59(56)72(60)61-38-34-48(42-58(61)64-70-62(45-20-7-2-8-21-45)69-63(71-64)46-22-9-3-10-23-46)47-24-19-31-54(41-47)73(51-25-11-4-12-26-51,52-27-13-5-14-28-52)53-29-15-6-16-30-53/h2-43H,1H3. The second-order valence-corrected chi connectivity index (χ2v) is 22.1. The molecule has 8 heteroatoms. The first-order valence-corrected chi connectivity index (χ1v) is 26.2. The molecule has 2 aromatic heterocycles. The van der Waals surface area contributed by atoms with Crippen LogP contribution in [0.2, 0.25) is 0 Å². The third-order valence-electron chi connectivity index (χ3n) is 14.0. The molecule has 4 nitrogen and oxygen atoms in total. The molecule has 0 aliphatic heterocycles. The highest BCUT2D eigenvalue weighted by Gasteiger charge is 2.41. The van der Waals surface area contributed by atoms with Crippen molar-refractivity contribution < 1.29 is 13.2 Å². The zero-order valence-corrected chi connectivity index (χ0v) is 40.7. The first-order valence-electron chi connectivity index (χ1n) is 24.2. The third kappa shape index (κ3) is 8.21. The number of para-hydroxylation sites is 1. The Kier molecular flexibility index (Phi) is 11.5. The lowest BCUT2D eigenvalue weighted by Gasteiger charge is -2.34. The van der Waals surface area contributed by atoms with Crippen molar-refractivity contribution in [3.05, 3.63) is 266 Å². The predicted octanol–water partition coefficient (Wildman–Crippen LogP) is 14.0. The smallest absolute Gasteiger partial charge is 0.309 e. The van der Waals surface area contributed by atoms with E-state index in [2.05, 4.69) is 162 Å². The van der Waals surface area contributed by atoms with Crippen LogP contribution in [-0.2, 0) is 6.18 Å². The van der Waals surface area contributed by atoms with E-state index in [9.17, 15) is 13.2 Å². The summed E-state index contributed by atoms with van der Waals surface area (Å²) in [6.45, 7) is 1.73. The Morgan fingerprint density at radius 2 is 0.836 bits per heavy atom. The van der Waals surface area contributed by atoms with Gasteiger partial charge in [-0.05, 0) is 98.0 Å². The van der Waals surface area contributed by atoms with Crippen LogP contribution in [0.5, 0.6) is 0 Å². The Labute approximate surface area is 422 Å². The lowest BCUT2D eigenvalue weighted by atomic mass is 9.97. The number of halogens is 3. The number of rotatable bonds is 10. The van der Waals surface area contributed by atoms with Crippen LogP contribution >= 0.6 is 0 Å². The van der Waals surface area contributed by atoms with Crippen LogP contribution in [0.15, 0.2) is 255 Å². The molecule has 0 bridgehead atoms. The number of alkyl halides is 3. The lowest BCUT2D eigenvalue weighted by molar-refractivity contribution is -0.137. The fraction of sp³-hybridized carbons (Fsp3) is 0.0308. The number of fused-ring (bicyclic) bond motifs is 3. The number of hydrogen-bond donors (Lipinski definition) is 0. The molecular weight excluding hydrogens is 922 g/mol. The van der Waals surface area contributed by atoms with E-state index in [-0.39, 0.29) is 0 Å². The molecule has 0 unspecified atom stereocenters. The summed E-state index contributed by atoms with van der Waals surface area (Å²) in [6, 6.07) is 86.8. The van der Waals surface area contributed by atoms with Gasteiger partial charge in [0, 0.05) is 27.5 Å². The molecular formula is C65H45F3N4Si. The van der Waals surface area contributed by atoms with Crippen molar-refractivity contribution in [2.45, 2.75) is 13.1 Å². The molecule has 0 aliphatic carbocycles. The van der Waals surface area contributed by atoms with Crippen LogP contribution in [0.4, 0.5) is 13.2 Å². The summed E-state index contributed by atoms with van der Waals surface area (Å²) >= 11 is 0. The molecule has 12 aromatic rings. The third-order valence-corrected chi connectivity index (χ3v) is 18.7. The Bertz CT molecular complexity index is 3800. The molecule has 0 N–H and O–H groups in total. The van der Waals surface area contributed by atoms with Crippen molar-refractivity contribution in [2.75, 3.05) is 0 Å². The zero-order chi connectivity index (χ0) is 49.5. The topological polar surface area (TPSA) is 43.6 Å². The first-order chi connectivity index (χ1) is 35.7. The van der Waals surface area contributed by atoms with Crippen molar-refractivity contribution >= 4 is 50.6 Å². The summed E-state index contributed by atoms with van der Waals surface area (Å²) in [5.74, 6) is 1.60. The molecule has 0 aliphatic rings. The Morgan fingerprint density at radius 1 is 0.356 bits per heavy atom. The highest BCUT2D eigenvalue weighted by atomic mass is 28.3. The van der Waals surface area contributed by atoms with E-state index in [0.29, 0.717) is 23.0 Å². The van der Waals surface area contributed by atoms with E-state index in [1.54, 1.807) is 13.0 Å². The number of aromatic nitrogens is 4. The van der Waals surface area contributed by atoms with Gasteiger partial charge in [0.2, 0.25) is 0 Å². The molecule has 0 spiro atoms. The molecule has 10 aromatic carbocycles. The summed E-state index contributed by atoms with van der Waals surface area (Å²) in [4.78, 5) is 15.7. The summed E-state index contributed by atoms with van der Waals surface area (Å²) in [5, 5.41) is 7.08. The van der Waals surface area contributed by atoms with Crippen molar-refractivity contribution in [3.63, 3.8) is 0 Å². The Hall–Kier alpha value is -8.98. The maximum Gasteiger partial charge on any atom is 0.416 e. The molecule has 0 fully saturated rings. The second-order valence-electron chi connectivity index (χ2n) is 18.3. The molecule has 0 atom stereocenters. The summed E-state index contributed by atoms with van der Waals surface area (Å²) in [5.41, 5.74) is 8.75. The SMILES string of the molecule is Cc1cc(C(F)(F)F)ccc1-c1ccc2c(c1)c1ccccc1n2-c1ccc(-c2cccc([Si](c3ccccc3)(c3ccccc3)c3ccccc3)c2)cc1-c1nc(-c2ccccc2)nc(-c2ccccc2)n1. The maximum absolute atomic E-state index is 13.8. The molecule has 12 rings (SSSR count). The average molecular weight is 967 g/mol. The largest absolute Gasteiger partial charge is 0.416 e. The monoisotopic (exact) mass is 966 g/mol. The molecule has 0 radical (unpaired) electrons. The normalized spacial score (nSPS) is 11.8. The summed E-state index contributed by atoms with van der Waals surface area (Å²) in [7, 11) is -2.88. The Balaban J connectivity index is 1.11. The molecule has 0 amide bonds. The van der Waals surface area contributed by atoms with Crippen LogP contribution in [0.25, 0.3) is 83.9 Å². The van der Waals surface area contributed by atoms with Gasteiger partial charge in [-0.25, -0.2) is 15.0 Å². The predicted molar refractivity (Wildman–Crippen MR) is 295 cm³/mol. The summed E-state index contributed by atoms with van der Waals surface area (Å²) < 4.78 is 43.6. The highest BCUT2D eigenvalue weighted by Crippen LogP contribution is 2.41. The minimum Gasteiger partial charge on any atom is -0.309 e. The minimum absolute atomic E-state index is 0.505. The molecule has 73 heavy (non-hydrogen) atoms. The second kappa shape index (κ2) is 18.6. The highest BCUT2D eigenvalue weighted by molar-refractivity contribution is 7.19. The van der Waals surface area contributed by atoms with Gasteiger partial charge in [-0.1, -0.05) is 212 Å². The van der Waals surface area contributed by atoms with Gasteiger partial charge < -0.3 is 4.57 Å². The van der Waals surface area contributed by atoms with Crippen molar-refractivity contribution in [1.82, 2.24) is 19.5 Å². The average Bonchev–Trinajstić information content (AvgIpc) is 3.78. The van der Waals surface area contributed by atoms with Crippen LogP contribution in [-0.4, -0.2) is 27.6 Å². The number of aryl methyl sites for hydroxylation is 1. The Morgan fingerprint density at radius 3 is 1.41 bits per heavy atom. The van der Waals surface area contributed by atoms with E-state index >= 15 is 0 Å². The van der Waals surface area contributed by atoms with Gasteiger partial charge in [0.25, 0.3) is 0 Å². The minimum atomic E-state index is -4.43. The van der Waals surface area contributed by atoms with E-state index in [4.69, 9.17) is 15.0 Å². The van der Waals surface area contributed by atoms with Crippen LogP contribution < -0.4 is 20.7 Å². The van der Waals surface area contributed by atoms with Gasteiger partial charge in [-0.2, -0.15) is 13.2 Å². The quantitative estimate of drug-likeness (QED) is 0.101. The van der Waals surface area contributed by atoms with Gasteiger partial charge >= 0.3 is 6.18 Å². The van der Waals surface area contributed by atoms with Crippen molar-refractivity contribution in [1.29, 1.82) is 0 Å². The molecule has 0 saturated carbocycles. The van der Waals surface area contributed by atoms with Crippen LogP contribution in [0.1, 0.15) is 11.1 Å².